The molecular formula is C9H13FN2. The van der Waals surface area contributed by atoms with Crippen LogP contribution in [0, 0.1) is 12.7 Å². The van der Waals surface area contributed by atoms with E-state index in [1.165, 1.54) is 12.1 Å². The third-order valence-electron chi connectivity index (χ3n) is 2.03. The molecule has 0 aliphatic rings. The van der Waals surface area contributed by atoms with Gasteiger partial charge in [-0.05, 0) is 35.7 Å². The van der Waals surface area contributed by atoms with Gasteiger partial charge in [0.05, 0.1) is 0 Å². The van der Waals surface area contributed by atoms with E-state index in [-0.39, 0.29) is 5.82 Å². The van der Waals surface area contributed by atoms with Crippen LogP contribution in [-0.2, 0) is 13.1 Å². The highest BCUT2D eigenvalue weighted by Gasteiger charge is 2.04. The second-order valence-corrected chi connectivity index (χ2v) is 2.76. The van der Waals surface area contributed by atoms with Crippen LogP contribution in [0.2, 0.25) is 0 Å². The topological polar surface area (TPSA) is 52.0 Å². The first-order valence-electron chi connectivity index (χ1n) is 3.87. The summed E-state index contributed by atoms with van der Waals surface area (Å²) in [5.74, 6) is -0.262. The maximum Gasteiger partial charge on any atom is 0.123 e. The van der Waals surface area contributed by atoms with Crippen molar-refractivity contribution in [2.75, 3.05) is 0 Å². The van der Waals surface area contributed by atoms with E-state index < -0.39 is 0 Å². The van der Waals surface area contributed by atoms with Crippen LogP contribution < -0.4 is 11.5 Å². The van der Waals surface area contributed by atoms with E-state index in [0.29, 0.717) is 13.1 Å². The molecule has 0 heterocycles. The van der Waals surface area contributed by atoms with Crippen molar-refractivity contribution in [3.8, 4) is 0 Å². The Labute approximate surface area is 71.4 Å². The molecule has 0 aliphatic carbocycles. The molecule has 1 rings (SSSR count). The second kappa shape index (κ2) is 3.65. The lowest BCUT2D eigenvalue weighted by molar-refractivity contribution is 0.622. The third kappa shape index (κ3) is 1.62. The molecule has 0 aliphatic heterocycles. The van der Waals surface area contributed by atoms with Gasteiger partial charge >= 0.3 is 0 Å². The molecule has 0 atom stereocenters. The van der Waals surface area contributed by atoms with Crippen molar-refractivity contribution >= 4 is 0 Å². The van der Waals surface area contributed by atoms with Crippen LogP contribution in [0.4, 0.5) is 4.39 Å². The van der Waals surface area contributed by atoms with E-state index in [4.69, 9.17) is 11.5 Å². The van der Waals surface area contributed by atoms with Crippen LogP contribution in [-0.4, -0.2) is 0 Å². The monoisotopic (exact) mass is 168 g/mol. The van der Waals surface area contributed by atoms with E-state index in [0.717, 1.165) is 16.7 Å². The molecule has 0 unspecified atom stereocenters. The fourth-order valence-corrected chi connectivity index (χ4v) is 1.22. The molecule has 0 bridgehead atoms. The summed E-state index contributed by atoms with van der Waals surface area (Å²) in [5.41, 5.74) is 13.5. The molecule has 0 fully saturated rings. The molecule has 4 N–H and O–H groups in total. The van der Waals surface area contributed by atoms with Crippen LogP contribution in [0.3, 0.4) is 0 Å². The first-order valence-corrected chi connectivity index (χ1v) is 3.87. The largest absolute Gasteiger partial charge is 0.326 e. The van der Waals surface area contributed by atoms with Gasteiger partial charge < -0.3 is 11.5 Å². The van der Waals surface area contributed by atoms with Gasteiger partial charge in [0.15, 0.2) is 0 Å². The molecule has 1 aromatic carbocycles. The van der Waals surface area contributed by atoms with Crippen molar-refractivity contribution in [2.24, 2.45) is 11.5 Å². The zero-order valence-electron chi connectivity index (χ0n) is 7.10. The summed E-state index contributed by atoms with van der Waals surface area (Å²) in [4.78, 5) is 0. The maximum atomic E-state index is 12.9. The van der Waals surface area contributed by atoms with Gasteiger partial charge in [0.1, 0.15) is 5.82 Å². The first-order chi connectivity index (χ1) is 5.69. The van der Waals surface area contributed by atoms with E-state index in [9.17, 15) is 4.39 Å². The quantitative estimate of drug-likeness (QED) is 0.693. The highest BCUT2D eigenvalue weighted by molar-refractivity contribution is 5.34. The summed E-state index contributed by atoms with van der Waals surface area (Å²) < 4.78 is 12.9. The van der Waals surface area contributed by atoms with Crippen LogP contribution >= 0.6 is 0 Å². The zero-order valence-corrected chi connectivity index (χ0v) is 7.10. The minimum atomic E-state index is -0.262. The van der Waals surface area contributed by atoms with E-state index in [2.05, 4.69) is 0 Å². The second-order valence-electron chi connectivity index (χ2n) is 2.76. The fraction of sp³-hybridized carbons (Fsp3) is 0.333. The third-order valence-corrected chi connectivity index (χ3v) is 2.03. The molecule has 66 valence electrons. The minimum Gasteiger partial charge on any atom is -0.326 e. The van der Waals surface area contributed by atoms with Crippen LogP contribution in [0.25, 0.3) is 0 Å². The minimum absolute atomic E-state index is 0.262. The summed E-state index contributed by atoms with van der Waals surface area (Å²) in [7, 11) is 0. The molecule has 0 spiro atoms. The average Bonchev–Trinajstić information content (AvgIpc) is 2.08. The van der Waals surface area contributed by atoms with Gasteiger partial charge in [0, 0.05) is 13.1 Å². The van der Waals surface area contributed by atoms with Crippen molar-refractivity contribution in [1.82, 2.24) is 0 Å². The maximum absolute atomic E-state index is 12.9. The van der Waals surface area contributed by atoms with Crippen LogP contribution in [0.1, 0.15) is 16.7 Å². The highest BCUT2D eigenvalue weighted by atomic mass is 19.1. The van der Waals surface area contributed by atoms with Gasteiger partial charge in [-0.15, -0.1) is 0 Å². The van der Waals surface area contributed by atoms with Gasteiger partial charge in [-0.1, -0.05) is 0 Å². The SMILES string of the molecule is Cc1c(CN)cc(F)cc1CN. The van der Waals surface area contributed by atoms with Gasteiger partial charge in [-0.3, -0.25) is 0 Å². The van der Waals surface area contributed by atoms with Crippen molar-refractivity contribution < 1.29 is 4.39 Å². The van der Waals surface area contributed by atoms with Crippen LogP contribution in [0.15, 0.2) is 12.1 Å². The summed E-state index contributed by atoms with van der Waals surface area (Å²) >= 11 is 0. The molecule has 3 heteroatoms. The standard InChI is InChI=1S/C9H13FN2/c1-6-7(4-11)2-9(10)3-8(6)5-12/h2-3H,4-5,11-12H2,1H3. The summed E-state index contributed by atoms with van der Waals surface area (Å²) in [6.45, 7) is 2.62. The van der Waals surface area contributed by atoms with Gasteiger partial charge in [0.2, 0.25) is 0 Å². The number of halogens is 1. The predicted molar refractivity (Wildman–Crippen MR) is 46.9 cm³/mol. The van der Waals surface area contributed by atoms with Crippen LogP contribution in [0.5, 0.6) is 0 Å². The van der Waals surface area contributed by atoms with Crippen molar-refractivity contribution in [1.29, 1.82) is 0 Å². The smallest absolute Gasteiger partial charge is 0.123 e. The van der Waals surface area contributed by atoms with Crippen molar-refractivity contribution in [3.05, 3.63) is 34.6 Å². The number of nitrogens with two attached hydrogens (primary N) is 2. The Bertz CT molecular complexity index is 259. The predicted octanol–water partition coefficient (Wildman–Crippen LogP) is 1.05. The van der Waals surface area contributed by atoms with E-state index in [1.54, 1.807) is 0 Å². The van der Waals surface area contributed by atoms with Gasteiger partial charge in [0.25, 0.3) is 0 Å². The normalized spacial score (nSPS) is 10.3. The molecule has 0 aromatic heterocycles. The zero-order chi connectivity index (χ0) is 9.14. The Morgan fingerprint density at radius 1 is 1.17 bits per heavy atom. The Hall–Kier alpha value is -0.930. The Morgan fingerprint density at radius 2 is 1.58 bits per heavy atom. The molecule has 12 heavy (non-hydrogen) atoms. The molecular weight excluding hydrogens is 155 g/mol. The first kappa shape index (κ1) is 9.16. The fourth-order valence-electron chi connectivity index (χ4n) is 1.22. The number of rotatable bonds is 2. The molecule has 0 saturated heterocycles. The lowest BCUT2D eigenvalue weighted by Gasteiger charge is -2.08. The summed E-state index contributed by atoms with van der Waals surface area (Å²) in [5, 5.41) is 0. The van der Waals surface area contributed by atoms with E-state index in [1.807, 2.05) is 6.92 Å². The van der Waals surface area contributed by atoms with Gasteiger partial charge in [-0.25, -0.2) is 4.39 Å². The van der Waals surface area contributed by atoms with E-state index >= 15 is 0 Å². The Morgan fingerprint density at radius 3 is 1.92 bits per heavy atom. The lowest BCUT2D eigenvalue weighted by atomic mass is 10.0. The number of hydrogen-bond acceptors (Lipinski definition) is 2. The van der Waals surface area contributed by atoms with Crippen molar-refractivity contribution in [2.45, 2.75) is 20.0 Å². The molecule has 1 aromatic rings. The Kier molecular flexibility index (Phi) is 2.78. The summed E-state index contributed by atoms with van der Waals surface area (Å²) in [6, 6.07) is 2.91. The lowest BCUT2D eigenvalue weighted by Crippen LogP contribution is -2.06. The number of benzene rings is 1. The number of hydrogen-bond donors (Lipinski definition) is 2. The van der Waals surface area contributed by atoms with Gasteiger partial charge in [-0.2, -0.15) is 0 Å². The average molecular weight is 168 g/mol. The van der Waals surface area contributed by atoms with Crippen molar-refractivity contribution in [3.63, 3.8) is 0 Å². The highest BCUT2D eigenvalue weighted by Crippen LogP contribution is 2.15. The molecule has 0 radical (unpaired) electrons. The summed E-state index contributed by atoms with van der Waals surface area (Å²) in [6.07, 6.45) is 0. The molecule has 0 amide bonds. The molecule has 2 nitrogen and oxygen atoms in total. The Balaban J connectivity index is 3.22. The molecule has 0 saturated carbocycles.